The third-order valence-corrected chi connectivity index (χ3v) is 12.6. The molecule has 0 spiro atoms. The summed E-state index contributed by atoms with van der Waals surface area (Å²) in [5.74, 6) is 3.76. The summed E-state index contributed by atoms with van der Waals surface area (Å²) in [5.41, 5.74) is 22.7. The van der Waals surface area contributed by atoms with E-state index in [-0.39, 0.29) is 13.6 Å². The van der Waals surface area contributed by atoms with Gasteiger partial charge in [0.25, 0.3) is 6.71 Å². The topological polar surface area (TPSA) is 45.2 Å². The molecule has 0 saturated heterocycles. The summed E-state index contributed by atoms with van der Waals surface area (Å²) < 4.78 is 0. The first-order valence-corrected chi connectivity index (χ1v) is 20.0. The van der Waals surface area contributed by atoms with Crippen LogP contribution in [0, 0.1) is 13.8 Å². The van der Waals surface area contributed by atoms with Crippen LogP contribution >= 0.6 is 0 Å². The van der Waals surface area contributed by atoms with Crippen molar-refractivity contribution in [3.63, 3.8) is 0 Å². The summed E-state index contributed by atoms with van der Waals surface area (Å²) in [6.07, 6.45) is 0. The van der Waals surface area contributed by atoms with Gasteiger partial charge in [0.2, 0.25) is 5.95 Å². The van der Waals surface area contributed by atoms with Gasteiger partial charge in [0.15, 0.2) is 0 Å². The molecule has 0 amide bonds. The van der Waals surface area contributed by atoms with Gasteiger partial charge in [-0.2, -0.15) is 9.97 Å². The van der Waals surface area contributed by atoms with Crippen molar-refractivity contribution in [1.29, 1.82) is 0 Å². The van der Waals surface area contributed by atoms with Gasteiger partial charge in [0.1, 0.15) is 11.6 Å². The fourth-order valence-corrected chi connectivity index (χ4v) is 9.79. The molecule has 0 bridgehead atoms. The number of rotatable bonds is 5. The van der Waals surface area contributed by atoms with Crippen molar-refractivity contribution in [3.05, 3.63) is 113 Å². The zero-order valence-corrected chi connectivity index (χ0v) is 33.2. The first-order chi connectivity index (χ1) is 25.9. The van der Waals surface area contributed by atoms with Gasteiger partial charge in [-0.05, 0) is 116 Å². The highest BCUT2D eigenvalue weighted by Gasteiger charge is 2.52. The Morgan fingerprint density at radius 2 is 0.963 bits per heavy atom. The van der Waals surface area contributed by atoms with Crippen LogP contribution in [-0.4, -0.2) is 28.5 Å². The summed E-state index contributed by atoms with van der Waals surface area (Å²) in [7, 11) is 0. The van der Waals surface area contributed by atoms with Crippen molar-refractivity contribution in [2.45, 2.75) is 92.9 Å². The quantitative estimate of drug-likeness (QED) is 0.168. The molecule has 5 aromatic carbocycles. The SMILES string of the molecule is Cc1nc(C)nc(N2c3ccc(C(C)C)cc3B3c4cc(C(C)C)cc5c4N4B(c6cc(C(C)C)ccc6-5)c5cc(C(C)C)ccc5-c5ccc2c3c54)n1. The van der Waals surface area contributed by atoms with Gasteiger partial charge in [0, 0.05) is 33.9 Å². The normalized spacial score (nSPS) is 14.3. The van der Waals surface area contributed by atoms with Crippen LogP contribution in [0.4, 0.5) is 28.7 Å². The van der Waals surface area contributed by atoms with E-state index in [9.17, 15) is 0 Å². The van der Waals surface area contributed by atoms with Crippen LogP contribution in [0.15, 0.2) is 78.9 Å². The minimum atomic E-state index is 0.0428. The van der Waals surface area contributed by atoms with Gasteiger partial charge in [-0.15, -0.1) is 0 Å². The van der Waals surface area contributed by atoms with Crippen LogP contribution in [0.25, 0.3) is 22.3 Å². The molecule has 0 saturated carbocycles. The lowest BCUT2D eigenvalue weighted by Gasteiger charge is -2.51. The summed E-state index contributed by atoms with van der Waals surface area (Å²) in [5, 5.41) is 0. The molecule has 54 heavy (non-hydrogen) atoms. The van der Waals surface area contributed by atoms with Crippen LogP contribution in [0.1, 0.15) is 113 Å². The van der Waals surface area contributed by atoms with Gasteiger partial charge in [0.05, 0.1) is 0 Å². The zero-order valence-electron chi connectivity index (χ0n) is 33.2. The molecule has 0 aliphatic carbocycles. The molecule has 4 aliphatic heterocycles. The lowest BCUT2D eigenvalue weighted by atomic mass is 9.30. The molecule has 5 heterocycles. The minimum Gasteiger partial charge on any atom is -0.377 e. The molecular formula is C47H47B2N5. The molecule has 0 radical (unpaired) electrons. The third-order valence-electron chi connectivity index (χ3n) is 12.6. The van der Waals surface area contributed by atoms with Crippen molar-refractivity contribution < 1.29 is 0 Å². The maximum atomic E-state index is 5.02. The Morgan fingerprint density at radius 1 is 0.463 bits per heavy atom. The highest BCUT2D eigenvalue weighted by Crippen LogP contribution is 2.51. The van der Waals surface area contributed by atoms with Crippen molar-refractivity contribution >= 4 is 69.6 Å². The summed E-state index contributed by atoms with van der Waals surface area (Å²) in [6.45, 7) is 22.6. The second kappa shape index (κ2) is 11.7. The molecule has 5 nitrogen and oxygen atoms in total. The van der Waals surface area contributed by atoms with Gasteiger partial charge < -0.3 is 4.81 Å². The average molecular weight is 704 g/mol. The Kier molecular flexibility index (Phi) is 7.22. The van der Waals surface area contributed by atoms with Crippen LogP contribution in [0.2, 0.25) is 0 Å². The van der Waals surface area contributed by atoms with E-state index in [2.05, 4.69) is 149 Å². The van der Waals surface area contributed by atoms with Gasteiger partial charge >= 0.3 is 6.85 Å². The maximum Gasteiger partial charge on any atom is 0.329 e. The van der Waals surface area contributed by atoms with Crippen LogP contribution in [0.3, 0.4) is 0 Å². The first-order valence-electron chi connectivity index (χ1n) is 20.0. The molecule has 0 atom stereocenters. The van der Waals surface area contributed by atoms with Crippen LogP contribution in [0.5, 0.6) is 0 Å². The third kappa shape index (κ3) is 4.56. The lowest BCUT2D eigenvalue weighted by Crippen LogP contribution is -2.69. The van der Waals surface area contributed by atoms with E-state index in [0.717, 1.165) is 23.0 Å². The van der Waals surface area contributed by atoms with Crippen molar-refractivity contribution in [2.75, 3.05) is 9.71 Å². The van der Waals surface area contributed by atoms with Gasteiger partial charge in [-0.1, -0.05) is 116 Å². The van der Waals surface area contributed by atoms with E-state index in [1.807, 2.05) is 13.8 Å². The molecule has 1 aromatic heterocycles. The van der Waals surface area contributed by atoms with Gasteiger partial charge in [-0.25, -0.2) is 4.98 Å². The standard InChI is InChI=1S/C47H47B2N5/c1-24(2)30-11-14-34-36-16-18-43-44-46(36)54-45-37(35-15-12-31(25(3)4)21-39(35)49(54)38(34)20-30)19-33(27(7)8)23-41(45)48(44)40-22-32(26(5)6)13-17-42(40)53(43)47-51-28(9)50-29(10)52-47/h11-27H,1-10H3. The van der Waals surface area contributed by atoms with E-state index < -0.39 is 0 Å². The molecule has 10 rings (SSSR count). The zero-order chi connectivity index (χ0) is 37.5. The van der Waals surface area contributed by atoms with Crippen LogP contribution < -0.4 is 37.0 Å². The molecule has 0 N–H and O–H groups in total. The van der Waals surface area contributed by atoms with Crippen molar-refractivity contribution in [2.24, 2.45) is 0 Å². The number of nitrogens with zero attached hydrogens (tertiary/aromatic N) is 5. The maximum absolute atomic E-state index is 5.02. The van der Waals surface area contributed by atoms with E-state index in [1.54, 1.807) is 0 Å². The summed E-state index contributed by atoms with van der Waals surface area (Å²) >= 11 is 0. The second-order valence-electron chi connectivity index (χ2n) is 17.3. The smallest absolute Gasteiger partial charge is 0.329 e. The lowest BCUT2D eigenvalue weighted by molar-refractivity contribution is 0.866. The van der Waals surface area contributed by atoms with E-state index in [4.69, 9.17) is 9.97 Å². The molecule has 0 fully saturated rings. The average Bonchev–Trinajstić information content (AvgIpc) is 3.14. The Balaban J connectivity index is 1.39. The Hall–Kier alpha value is -5.16. The number of fused-ring (bicyclic) bond motifs is 9. The van der Waals surface area contributed by atoms with E-state index in [0.29, 0.717) is 29.6 Å². The fraction of sp³-hybridized carbons (Fsp3) is 0.298. The number of hydrogen-bond acceptors (Lipinski definition) is 5. The Labute approximate surface area is 321 Å². The first kappa shape index (κ1) is 33.4. The second-order valence-corrected chi connectivity index (χ2v) is 17.3. The number of hydrogen-bond donors (Lipinski definition) is 0. The van der Waals surface area contributed by atoms with Crippen molar-refractivity contribution in [1.82, 2.24) is 15.0 Å². The number of anilines is 5. The summed E-state index contributed by atoms with van der Waals surface area (Å²) in [4.78, 5) is 19.7. The predicted octanol–water partition coefficient (Wildman–Crippen LogP) is 8.50. The fourth-order valence-electron chi connectivity index (χ4n) is 9.79. The van der Waals surface area contributed by atoms with Crippen molar-refractivity contribution in [3.8, 4) is 22.3 Å². The monoisotopic (exact) mass is 703 g/mol. The van der Waals surface area contributed by atoms with Gasteiger partial charge in [-0.3, -0.25) is 4.90 Å². The molecular weight excluding hydrogens is 656 g/mol. The van der Waals surface area contributed by atoms with Crippen LogP contribution in [-0.2, 0) is 0 Å². The molecule has 266 valence electrons. The largest absolute Gasteiger partial charge is 0.377 e. The Bertz CT molecular complexity index is 2570. The number of benzene rings is 5. The summed E-state index contributed by atoms with van der Waals surface area (Å²) in [6, 6.07) is 31.5. The molecule has 4 aliphatic rings. The minimum absolute atomic E-state index is 0.0428. The van der Waals surface area contributed by atoms with E-state index in [1.165, 1.54) is 83.2 Å². The molecule has 7 heteroatoms. The highest BCUT2D eigenvalue weighted by atomic mass is 15.3. The number of aryl methyl sites for hydroxylation is 2. The van der Waals surface area contributed by atoms with E-state index >= 15 is 0 Å². The molecule has 6 aromatic rings. The number of aromatic nitrogens is 3. The predicted molar refractivity (Wildman–Crippen MR) is 229 cm³/mol. The Morgan fingerprint density at radius 3 is 1.56 bits per heavy atom. The highest BCUT2D eigenvalue weighted by molar-refractivity contribution is 7.03. The molecule has 0 unspecified atom stereocenters.